The molecule has 4 nitrogen and oxygen atoms in total. The standard InChI is InChI=1S/C15H24N2O2/c1-4-10(2)7-11(3)17-13-9-15-14(8-12(13)16)18-5-6-19-15/h8-11,17H,4-7,16H2,1-3H3. The van der Waals surface area contributed by atoms with Gasteiger partial charge in [-0.15, -0.1) is 0 Å². The Hall–Kier alpha value is -1.58. The van der Waals surface area contributed by atoms with Crippen molar-refractivity contribution in [2.24, 2.45) is 5.92 Å². The van der Waals surface area contributed by atoms with Crippen molar-refractivity contribution in [1.82, 2.24) is 0 Å². The highest BCUT2D eigenvalue weighted by molar-refractivity contribution is 5.72. The predicted molar refractivity (Wildman–Crippen MR) is 79.0 cm³/mol. The molecule has 0 fully saturated rings. The zero-order valence-electron chi connectivity index (χ0n) is 12.0. The van der Waals surface area contributed by atoms with Gasteiger partial charge >= 0.3 is 0 Å². The number of nitrogens with two attached hydrogens (primary N) is 1. The first kappa shape index (κ1) is 13.8. The molecule has 4 heteroatoms. The smallest absolute Gasteiger partial charge is 0.163 e. The maximum Gasteiger partial charge on any atom is 0.163 e. The Labute approximate surface area is 115 Å². The van der Waals surface area contributed by atoms with E-state index in [9.17, 15) is 0 Å². The fourth-order valence-electron chi connectivity index (χ4n) is 2.32. The highest BCUT2D eigenvalue weighted by Crippen LogP contribution is 2.37. The molecule has 3 N–H and O–H groups in total. The number of nitrogen functional groups attached to an aromatic ring is 1. The van der Waals surface area contributed by atoms with Gasteiger partial charge in [-0.05, 0) is 19.3 Å². The number of hydrogen-bond donors (Lipinski definition) is 2. The van der Waals surface area contributed by atoms with Gasteiger partial charge in [-0.2, -0.15) is 0 Å². The first-order valence-electron chi connectivity index (χ1n) is 7.05. The first-order valence-corrected chi connectivity index (χ1v) is 7.05. The Morgan fingerprint density at radius 1 is 1.21 bits per heavy atom. The van der Waals surface area contributed by atoms with Crippen LogP contribution in [0.25, 0.3) is 0 Å². The lowest BCUT2D eigenvalue weighted by molar-refractivity contribution is 0.172. The fourth-order valence-corrected chi connectivity index (χ4v) is 2.32. The van der Waals surface area contributed by atoms with Crippen LogP contribution in [0.2, 0.25) is 0 Å². The zero-order valence-corrected chi connectivity index (χ0v) is 12.0. The van der Waals surface area contributed by atoms with Gasteiger partial charge in [0.15, 0.2) is 11.5 Å². The summed E-state index contributed by atoms with van der Waals surface area (Å²) in [5.41, 5.74) is 7.70. The summed E-state index contributed by atoms with van der Waals surface area (Å²) >= 11 is 0. The van der Waals surface area contributed by atoms with Crippen LogP contribution in [0, 0.1) is 5.92 Å². The molecule has 1 aromatic carbocycles. The summed E-state index contributed by atoms with van der Waals surface area (Å²) in [5.74, 6) is 2.23. The molecular weight excluding hydrogens is 240 g/mol. The van der Waals surface area contributed by atoms with Crippen LogP contribution < -0.4 is 20.5 Å². The molecule has 1 aliphatic rings. The summed E-state index contributed by atoms with van der Waals surface area (Å²) in [7, 11) is 0. The monoisotopic (exact) mass is 264 g/mol. The van der Waals surface area contributed by atoms with Gasteiger partial charge in [-0.25, -0.2) is 0 Å². The Bertz CT molecular complexity index is 434. The van der Waals surface area contributed by atoms with Gasteiger partial charge in [0.2, 0.25) is 0 Å². The van der Waals surface area contributed by atoms with Crippen molar-refractivity contribution in [2.45, 2.75) is 39.7 Å². The van der Waals surface area contributed by atoms with Gasteiger partial charge in [0.1, 0.15) is 13.2 Å². The summed E-state index contributed by atoms with van der Waals surface area (Å²) < 4.78 is 11.1. The molecule has 19 heavy (non-hydrogen) atoms. The molecule has 0 spiro atoms. The van der Waals surface area contributed by atoms with Crippen molar-refractivity contribution in [3.05, 3.63) is 12.1 Å². The van der Waals surface area contributed by atoms with Crippen LogP contribution in [-0.4, -0.2) is 19.3 Å². The maximum atomic E-state index is 6.06. The number of nitrogens with one attached hydrogen (secondary N) is 1. The fraction of sp³-hybridized carbons (Fsp3) is 0.600. The molecule has 106 valence electrons. The van der Waals surface area contributed by atoms with E-state index >= 15 is 0 Å². The molecular formula is C15H24N2O2. The van der Waals surface area contributed by atoms with Crippen molar-refractivity contribution in [3.8, 4) is 11.5 Å². The van der Waals surface area contributed by atoms with Crippen molar-refractivity contribution in [2.75, 3.05) is 24.3 Å². The lowest BCUT2D eigenvalue weighted by Crippen LogP contribution is -2.20. The van der Waals surface area contributed by atoms with Crippen LogP contribution in [0.5, 0.6) is 11.5 Å². The average Bonchev–Trinajstić information content (AvgIpc) is 2.39. The molecule has 2 unspecified atom stereocenters. The highest BCUT2D eigenvalue weighted by Gasteiger charge is 2.16. The van der Waals surface area contributed by atoms with E-state index in [1.54, 1.807) is 0 Å². The van der Waals surface area contributed by atoms with E-state index in [0.717, 1.165) is 23.6 Å². The molecule has 0 saturated carbocycles. The van der Waals surface area contributed by atoms with Crippen LogP contribution in [0.4, 0.5) is 11.4 Å². The zero-order chi connectivity index (χ0) is 13.8. The largest absolute Gasteiger partial charge is 0.486 e. The van der Waals surface area contributed by atoms with Gasteiger partial charge in [-0.1, -0.05) is 20.3 Å². The summed E-state index contributed by atoms with van der Waals surface area (Å²) in [5, 5.41) is 3.46. The number of ether oxygens (including phenoxy) is 2. The second kappa shape index (κ2) is 6.04. The maximum absolute atomic E-state index is 6.06. The number of fused-ring (bicyclic) bond motifs is 1. The van der Waals surface area contributed by atoms with E-state index in [4.69, 9.17) is 15.2 Å². The molecule has 1 aromatic rings. The number of anilines is 2. The van der Waals surface area contributed by atoms with Gasteiger partial charge in [0.25, 0.3) is 0 Å². The SMILES string of the molecule is CCC(C)CC(C)Nc1cc2c(cc1N)OCCO2. The molecule has 0 aromatic heterocycles. The average molecular weight is 264 g/mol. The highest BCUT2D eigenvalue weighted by atomic mass is 16.6. The van der Waals surface area contributed by atoms with E-state index in [-0.39, 0.29) is 0 Å². The Morgan fingerprint density at radius 3 is 2.47 bits per heavy atom. The minimum Gasteiger partial charge on any atom is -0.486 e. The summed E-state index contributed by atoms with van der Waals surface area (Å²) in [6.07, 6.45) is 2.33. The molecule has 0 bridgehead atoms. The predicted octanol–water partition coefficient (Wildman–Crippen LogP) is 3.28. The lowest BCUT2D eigenvalue weighted by Gasteiger charge is -2.23. The summed E-state index contributed by atoms with van der Waals surface area (Å²) in [6.45, 7) is 7.85. The molecule has 0 saturated heterocycles. The van der Waals surface area contributed by atoms with Crippen LogP contribution in [-0.2, 0) is 0 Å². The van der Waals surface area contributed by atoms with E-state index in [1.165, 1.54) is 6.42 Å². The van der Waals surface area contributed by atoms with Gasteiger partial charge in [0, 0.05) is 18.2 Å². The third-order valence-corrected chi connectivity index (χ3v) is 3.57. The van der Waals surface area contributed by atoms with Crippen molar-refractivity contribution < 1.29 is 9.47 Å². The normalized spacial score (nSPS) is 16.8. The minimum absolute atomic E-state index is 0.389. The van der Waals surface area contributed by atoms with Crippen molar-refractivity contribution in [1.29, 1.82) is 0 Å². The van der Waals surface area contributed by atoms with E-state index < -0.39 is 0 Å². The van der Waals surface area contributed by atoms with Crippen molar-refractivity contribution >= 4 is 11.4 Å². The number of hydrogen-bond acceptors (Lipinski definition) is 4. The van der Waals surface area contributed by atoms with Crippen LogP contribution in [0.3, 0.4) is 0 Å². The third-order valence-electron chi connectivity index (χ3n) is 3.57. The Balaban J connectivity index is 2.07. The van der Waals surface area contributed by atoms with Gasteiger partial charge < -0.3 is 20.5 Å². The van der Waals surface area contributed by atoms with Crippen LogP contribution >= 0.6 is 0 Å². The van der Waals surface area contributed by atoms with Gasteiger partial charge in [0.05, 0.1) is 11.4 Å². The van der Waals surface area contributed by atoms with Gasteiger partial charge in [-0.3, -0.25) is 0 Å². The number of rotatable bonds is 5. The first-order chi connectivity index (χ1) is 9.10. The quantitative estimate of drug-likeness (QED) is 0.801. The summed E-state index contributed by atoms with van der Waals surface area (Å²) in [6, 6.07) is 4.17. The van der Waals surface area contributed by atoms with Crippen molar-refractivity contribution in [3.63, 3.8) is 0 Å². The van der Waals surface area contributed by atoms with E-state index in [0.29, 0.717) is 30.9 Å². The third kappa shape index (κ3) is 3.46. The molecule has 0 amide bonds. The second-order valence-corrected chi connectivity index (χ2v) is 5.38. The molecule has 2 atom stereocenters. The molecule has 0 aliphatic carbocycles. The Kier molecular flexibility index (Phi) is 4.40. The minimum atomic E-state index is 0.389. The molecule has 1 aliphatic heterocycles. The van der Waals surface area contributed by atoms with Crippen LogP contribution in [0.15, 0.2) is 12.1 Å². The summed E-state index contributed by atoms with van der Waals surface area (Å²) in [4.78, 5) is 0. The van der Waals surface area contributed by atoms with E-state index in [1.807, 2.05) is 12.1 Å². The van der Waals surface area contributed by atoms with E-state index in [2.05, 4.69) is 26.1 Å². The Morgan fingerprint density at radius 2 is 1.84 bits per heavy atom. The molecule has 0 radical (unpaired) electrons. The second-order valence-electron chi connectivity index (χ2n) is 5.38. The molecule has 2 rings (SSSR count). The van der Waals surface area contributed by atoms with Crippen LogP contribution in [0.1, 0.15) is 33.6 Å². The molecule has 1 heterocycles. The number of benzene rings is 1. The topological polar surface area (TPSA) is 56.5 Å². The lowest BCUT2D eigenvalue weighted by atomic mass is 10.00.